The maximum absolute atomic E-state index is 13.5. The molecular weight excluding hydrogens is 1850 g/mol. The number of nitrogens with zero attached hydrogens (tertiary/aromatic N) is 14. The molecule has 0 aliphatic rings. The summed E-state index contributed by atoms with van der Waals surface area (Å²) in [7, 11) is -3.12. The first-order valence-electron chi connectivity index (χ1n) is 41.6. The fraction of sp³-hybridized carbons (Fsp3) is 0.0196. The highest BCUT2D eigenvalue weighted by Gasteiger charge is 2.17. The van der Waals surface area contributed by atoms with Crippen LogP contribution in [-0.2, 0) is 15.6 Å². The lowest BCUT2D eigenvalue weighted by Crippen LogP contribution is -2.00. The van der Waals surface area contributed by atoms with Crippen LogP contribution in [0.5, 0.6) is 0 Å². The van der Waals surface area contributed by atoms with Crippen molar-refractivity contribution in [1.82, 2.24) is 85.6 Å². The topological polar surface area (TPSA) is 348 Å². The van der Waals surface area contributed by atoms with Crippen LogP contribution in [0.15, 0.2) is 342 Å². The van der Waals surface area contributed by atoms with E-state index in [-0.39, 0.29) is 26.8 Å². The van der Waals surface area contributed by atoms with Crippen LogP contribution in [0.4, 0.5) is 76.0 Å². The first-order chi connectivity index (χ1) is 66.1. The molecule has 668 valence electrons. The monoisotopic (exact) mass is 1910 g/mol. The Labute approximate surface area is 798 Å². The molecule has 0 amide bonds. The largest absolute Gasteiger partial charge is 0.368 e. The molecule has 0 aliphatic heterocycles. The van der Waals surface area contributed by atoms with E-state index in [1.807, 2.05) is 182 Å². The number of sulfone groups is 1. The summed E-state index contributed by atoms with van der Waals surface area (Å²) in [5, 5.41) is 44.7. The van der Waals surface area contributed by atoms with Crippen LogP contribution in [-0.4, -0.2) is 100 Å². The molecule has 0 atom stereocenters. The Morgan fingerprint density at radius 1 is 0.360 bits per heavy atom. The van der Waals surface area contributed by atoms with E-state index in [0.29, 0.717) is 32.9 Å². The fourth-order valence-electron chi connectivity index (χ4n) is 14.9. The number of fused-ring (bicyclic) bond motifs is 6. The predicted octanol–water partition coefficient (Wildman–Crippen LogP) is 26.4. The number of pyridine rings is 8. The third kappa shape index (κ3) is 22.0. The Hall–Kier alpha value is -16.4. The van der Waals surface area contributed by atoms with E-state index in [4.69, 9.17) is 63.7 Å². The van der Waals surface area contributed by atoms with Crippen LogP contribution in [0.3, 0.4) is 0 Å². The third-order valence-corrected chi connectivity index (χ3v) is 23.5. The van der Waals surface area contributed by atoms with Crippen LogP contribution < -0.4 is 32.3 Å². The van der Waals surface area contributed by atoms with E-state index in [1.54, 1.807) is 111 Å². The Morgan fingerprint density at radius 2 is 0.757 bits per heavy atom. The SMILES string of the molecule is CS(=O)(=O)Cc1cccc(-c2ccc3nccc(Nc4ccc(F)c(Cl)c4)c3c2)c1.Clc1cncc(Nc2ccnc3ccc(-c4cnc5[nH]ccc5c4)cc23)c1.Fc1ccc(Nc2ccnc3ccc(-c4cccc(-c5nn[nH]n5)c4)cc23)cc1Cl.Fc1ccc(Nc2ccnc3ccc(-c4cn[nH]c4)cc23)cc1Cl.Nc1ncc(-c2ccc3nccc(Nc4cncc(Cl)c4)c3c2)cn1. The first-order valence-corrected chi connectivity index (χ1v) is 45.5. The van der Waals surface area contributed by atoms with Gasteiger partial charge < -0.3 is 37.3 Å². The van der Waals surface area contributed by atoms with Crippen LogP contribution in [0.1, 0.15) is 5.56 Å². The second-order valence-corrected chi connectivity index (χ2v) is 35.0. The molecule has 0 saturated carbocycles. The lowest BCUT2D eigenvalue weighted by atomic mass is 10.0. The van der Waals surface area contributed by atoms with Crippen molar-refractivity contribution in [2.24, 2.45) is 0 Å². The predicted molar refractivity (Wildman–Crippen MR) is 539 cm³/mol. The molecule has 10 N–H and O–H groups in total. The summed E-state index contributed by atoms with van der Waals surface area (Å²) in [5.41, 5.74) is 30.3. The molecule has 0 spiro atoms. The van der Waals surface area contributed by atoms with E-state index >= 15 is 0 Å². The second-order valence-electron chi connectivity index (χ2n) is 30.8. The molecule has 22 aromatic rings. The Balaban J connectivity index is 0.000000114. The van der Waals surface area contributed by atoms with Gasteiger partial charge in [-0.3, -0.25) is 40.0 Å². The van der Waals surface area contributed by atoms with Gasteiger partial charge in [-0.05, 0) is 226 Å². The number of anilines is 11. The van der Waals surface area contributed by atoms with E-state index in [2.05, 4.69) is 136 Å². The van der Waals surface area contributed by atoms with Crippen molar-refractivity contribution in [3.8, 4) is 67.0 Å². The molecule has 34 heteroatoms. The summed E-state index contributed by atoms with van der Waals surface area (Å²) >= 11 is 29.7. The Bertz CT molecular complexity index is 8290. The van der Waals surface area contributed by atoms with Crippen molar-refractivity contribution >= 4 is 196 Å². The molecule has 0 fully saturated rings. The van der Waals surface area contributed by atoms with Gasteiger partial charge in [0.1, 0.15) is 23.1 Å². The molecule has 0 unspecified atom stereocenters. The summed E-state index contributed by atoms with van der Waals surface area (Å²) in [6.45, 7) is 0. The summed E-state index contributed by atoms with van der Waals surface area (Å²) < 4.78 is 63.5. The molecule has 0 radical (unpaired) electrons. The number of nitrogens with one attached hydrogen (secondary N) is 8. The lowest BCUT2D eigenvalue weighted by Gasteiger charge is -2.12. The highest BCUT2D eigenvalue weighted by atomic mass is 35.5. The average molecular weight is 1920 g/mol. The van der Waals surface area contributed by atoms with Gasteiger partial charge in [0.25, 0.3) is 0 Å². The van der Waals surface area contributed by atoms with Gasteiger partial charge in [-0.15, -0.1) is 10.2 Å². The number of nitrogen functional groups attached to an aromatic ring is 1. The quantitative estimate of drug-likeness (QED) is 0.0385. The second kappa shape index (κ2) is 40.8. The van der Waals surface area contributed by atoms with Crippen LogP contribution >= 0.6 is 58.0 Å². The lowest BCUT2D eigenvalue weighted by molar-refractivity contribution is 0.601. The molecular formula is C102H71Cl5F3N23O2S. The molecule has 0 aliphatic carbocycles. The van der Waals surface area contributed by atoms with Crippen LogP contribution in [0, 0.1) is 17.5 Å². The van der Waals surface area contributed by atoms with Crippen molar-refractivity contribution < 1.29 is 21.6 Å². The first kappa shape index (κ1) is 90.1. The summed E-state index contributed by atoms with van der Waals surface area (Å²) in [6.07, 6.45) is 27.4. The van der Waals surface area contributed by atoms with Gasteiger partial charge in [-0.25, -0.2) is 36.5 Å². The van der Waals surface area contributed by atoms with Crippen molar-refractivity contribution in [2.45, 2.75) is 5.75 Å². The number of rotatable bonds is 18. The maximum atomic E-state index is 13.5. The number of aromatic amines is 3. The van der Waals surface area contributed by atoms with Gasteiger partial charge in [-0.1, -0.05) is 131 Å². The third-order valence-electron chi connectivity index (χ3n) is 21.3. The highest BCUT2D eigenvalue weighted by Crippen LogP contribution is 2.39. The number of tetrazole rings is 1. The number of hydrogen-bond acceptors (Lipinski definition) is 22. The minimum atomic E-state index is -3.12. The standard InChI is InChI=1S/C23H18ClFN2O2S.C22H14ClFN6.C21H14ClN5.C18H12ClFN4.C18H13ClN6/c1-30(28,29)14-15-3-2-4-16(11-15)17-5-8-22-19(12-17)23(9-10-26-22)27-18-6-7-21(25)20(24)13-18;23-18-12-16(5-6-19(18)24)26-21-8-9-25-20-7-4-14(11-17(20)21)13-2-1-3-15(10-13)22-27-29-30-28-22;22-16-9-17(12-23-11-16)27-20-4-6-24-19-2-1-13(8-18(19)20)15-7-14-3-5-25-21(14)26-10-15;19-15-8-13(2-3-16(15)20)24-18-5-6-21-17-4-1-11(7-14(17)18)12-9-22-23-10-12;19-13-6-14(10-21-9-13)25-17-3-4-22-16-2-1-11(5-15(16)17)12-7-23-18(20)24-8-12/h2-13H,14H2,1H3,(H,26,27);1-12H,(H,25,26)(H,27,28,29,30);1-12H,(H,24,27)(H,25,26);1-10H,(H,21,24)(H,22,23);1-10H,(H,22,25)(H2,20,23,24). The molecule has 25 nitrogen and oxygen atoms in total. The number of nitrogens with two attached hydrogens (primary N) is 1. The number of halogens is 8. The number of aromatic nitrogens is 17. The number of benzene rings is 10. The highest BCUT2D eigenvalue weighted by molar-refractivity contribution is 7.89. The van der Waals surface area contributed by atoms with Gasteiger partial charge in [0.05, 0.1) is 88.4 Å². The molecule has 12 heterocycles. The van der Waals surface area contributed by atoms with E-state index in [0.717, 1.165) is 172 Å². The molecule has 0 bridgehead atoms. The van der Waals surface area contributed by atoms with Crippen molar-refractivity contribution in [3.05, 3.63) is 390 Å². The number of hydrogen-bond donors (Lipinski definition) is 9. The van der Waals surface area contributed by atoms with Crippen molar-refractivity contribution in [1.29, 1.82) is 0 Å². The van der Waals surface area contributed by atoms with Gasteiger partial charge >= 0.3 is 0 Å². The molecule has 12 aromatic heterocycles. The molecule has 0 saturated heterocycles. The summed E-state index contributed by atoms with van der Waals surface area (Å²) in [4.78, 5) is 46.1. The van der Waals surface area contributed by atoms with E-state index in [1.165, 1.54) is 30.5 Å². The minimum absolute atomic E-state index is 0.00584. The fourth-order valence-corrected chi connectivity index (χ4v) is 16.6. The average Bonchev–Trinajstić information content (AvgIpc) is 1.40. The number of H-pyrrole nitrogens is 3. The van der Waals surface area contributed by atoms with Crippen LogP contribution in [0.25, 0.3) is 133 Å². The summed E-state index contributed by atoms with van der Waals surface area (Å²) in [6, 6.07) is 76.3. The zero-order chi connectivity index (χ0) is 93.8. The molecule has 22 rings (SSSR count). The van der Waals surface area contributed by atoms with Crippen LogP contribution in [0.2, 0.25) is 25.1 Å². The smallest absolute Gasteiger partial charge is 0.219 e. The van der Waals surface area contributed by atoms with Gasteiger partial charge in [0.15, 0.2) is 9.84 Å². The minimum Gasteiger partial charge on any atom is -0.368 e. The van der Waals surface area contributed by atoms with Gasteiger partial charge in [0, 0.05) is 181 Å². The zero-order valence-corrected chi connectivity index (χ0v) is 75.7. The van der Waals surface area contributed by atoms with Crippen molar-refractivity contribution in [2.75, 3.05) is 38.6 Å². The zero-order valence-electron chi connectivity index (χ0n) is 71.1. The molecule has 136 heavy (non-hydrogen) atoms. The van der Waals surface area contributed by atoms with E-state index in [9.17, 15) is 21.6 Å². The van der Waals surface area contributed by atoms with Crippen molar-refractivity contribution in [3.63, 3.8) is 0 Å². The maximum Gasteiger partial charge on any atom is 0.219 e. The Morgan fingerprint density at radius 3 is 1.17 bits per heavy atom. The van der Waals surface area contributed by atoms with Gasteiger partial charge in [0.2, 0.25) is 11.8 Å². The molecule has 10 aromatic carbocycles. The summed E-state index contributed by atoms with van der Waals surface area (Å²) in [5.74, 6) is -0.585. The van der Waals surface area contributed by atoms with E-state index < -0.39 is 27.3 Å². The van der Waals surface area contributed by atoms with Gasteiger partial charge in [-0.2, -0.15) is 10.3 Å². The normalized spacial score (nSPS) is 11.1. The Kier molecular flexibility index (Phi) is 27.0.